The highest BCUT2D eigenvalue weighted by Crippen LogP contribution is 2.10. The summed E-state index contributed by atoms with van der Waals surface area (Å²) in [6.45, 7) is 1.93. The first kappa shape index (κ1) is 8.68. The summed E-state index contributed by atoms with van der Waals surface area (Å²) in [5, 5.41) is 11.8. The third-order valence-electron chi connectivity index (χ3n) is 1.81. The van der Waals surface area contributed by atoms with Crippen LogP contribution in [0.1, 0.15) is 5.69 Å². The Morgan fingerprint density at radius 2 is 2.29 bits per heavy atom. The average molecular weight is 190 g/mol. The van der Waals surface area contributed by atoms with E-state index in [0.29, 0.717) is 5.88 Å². The van der Waals surface area contributed by atoms with Gasteiger partial charge in [0.05, 0.1) is 24.7 Å². The maximum atomic E-state index is 4.97. The fourth-order valence-corrected chi connectivity index (χ4v) is 1.12. The molecule has 0 atom stereocenters. The van der Waals surface area contributed by atoms with Crippen molar-refractivity contribution in [3.05, 3.63) is 30.2 Å². The van der Waals surface area contributed by atoms with Crippen molar-refractivity contribution in [3.8, 4) is 11.6 Å². The van der Waals surface area contributed by atoms with Crippen LogP contribution >= 0.6 is 0 Å². The largest absolute Gasteiger partial charge is 0.480 e. The van der Waals surface area contributed by atoms with Crippen LogP contribution in [0.2, 0.25) is 0 Å². The fraction of sp³-hybridized carbons (Fsp3) is 0.222. The Kier molecular flexibility index (Phi) is 2.14. The summed E-state index contributed by atoms with van der Waals surface area (Å²) >= 11 is 0. The molecule has 0 aliphatic heterocycles. The number of aryl methyl sites for hydroxylation is 1. The number of hydrogen-bond acceptors (Lipinski definition) is 4. The summed E-state index contributed by atoms with van der Waals surface area (Å²) in [5.41, 5.74) is 1.80. The van der Waals surface area contributed by atoms with E-state index in [2.05, 4.69) is 15.3 Å². The first-order valence-electron chi connectivity index (χ1n) is 4.19. The van der Waals surface area contributed by atoms with Crippen molar-refractivity contribution in [1.82, 2.24) is 20.0 Å². The third kappa shape index (κ3) is 1.56. The molecule has 0 N–H and O–H groups in total. The lowest BCUT2D eigenvalue weighted by Gasteiger charge is -2.01. The Morgan fingerprint density at radius 1 is 1.43 bits per heavy atom. The fourth-order valence-electron chi connectivity index (χ4n) is 1.12. The van der Waals surface area contributed by atoms with Crippen LogP contribution in [0.4, 0.5) is 0 Å². The monoisotopic (exact) mass is 190 g/mol. The van der Waals surface area contributed by atoms with Gasteiger partial charge in [-0.15, -0.1) is 5.10 Å². The molecule has 0 unspecified atom stereocenters. The molecular weight excluding hydrogens is 180 g/mol. The van der Waals surface area contributed by atoms with Crippen molar-refractivity contribution in [2.75, 3.05) is 7.11 Å². The van der Waals surface area contributed by atoms with Gasteiger partial charge in [-0.05, 0) is 13.0 Å². The lowest BCUT2D eigenvalue weighted by molar-refractivity contribution is 0.391. The second-order valence-corrected chi connectivity index (χ2v) is 2.86. The molecule has 0 aromatic carbocycles. The summed E-state index contributed by atoms with van der Waals surface area (Å²) in [4.78, 5) is 0. The molecular formula is C9H10N4O. The number of rotatable bonds is 2. The summed E-state index contributed by atoms with van der Waals surface area (Å²) < 4.78 is 6.70. The minimum absolute atomic E-state index is 0.482. The van der Waals surface area contributed by atoms with E-state index in [1.165, 1.54) is 0 Å². The lowest BCUT2D eigenvalue weighted by atomic mass is 10.4. The van der Waals surface area contributed by atoms with Crippen molar-refractivity contribution in [2.24, 2.45) is 0 Å². The standard InChI is InChI=1S/C9H10N4O/c1-7-3-4-13(12-7)8-5-9(14-2)11-10-6-8/h3-6H,1-2H3. The van der Waals surface area contributed by atoms with Gasteiger partial charge in [-0.1, -0.05) is 0 Å². The predicted octanol–water partition coefficient (Wildman–Crippen LogP) is 0.979. The van der Waals surface area contributed by atoms with Gasteiger partial charge in [-0.3, -0.25) is 0 Å². The van der Waals surface area contributed by atoms with Crippen molar-refractivity contribution >= 4 is 0 Å². The quantitative estimate of drug-likeness (QED) is 0.708. The molecule has 5 nitrogen and oxygen atoms in total. The predicted molar refractivity (Wildman–Crippen MR) is 50.4 cm³/mol. The Hall–Kier alpha value is -1.91. The van der Waals surface area contributed by atoms with Crippen molar-refractivity contribution in [1.29, 1.82) is 0 Å². The van der Waals surface area contributed by atoms with Crippen LogP contribution in [0, 0.1) is 6.92 Å². The molecule has 2 rings (SSSR count). The molecule has 5 heteroatoms. The van der Waals surface area contributed by atoms with Crippen LogP contribution in [-0.4, -0.2) is 27.1 Å². The number of nitrogens with zero attached hydrogens (tertiary/aromatic N) is 4. The molecule has 0 aliphatic rings. The summed E-state index contributed by atoms with van der Waals surface area (Å²) in [5.74, 6) is 0.482. The van der Waals surface area contributed by atoms with E-state index >= 15 is 0 Å². The van der Waals surface area contributed by atoms with Crippen LogP contribution in [0.15, 0.2) is 24.5 Å². The van der Waals surface area contributed by atoms with Gasteiger partial charge in [0, 0.05) is 12.3 Å². The van der Waals surface area contributed by atoms with Gasteiger partial charge in [0.2, 0.25) is 5.88 Å². The van der Waals surface area contributed by atoms with E-state index in [0.717, 1.165) is 11.4 Å². The maximum absolute atomic E-state index is 4.97. The third-order valence-corrected chi connectivity index (χ3v) is 1.81. The molecule has 0 bridgehead atoms. The second-order valence-electron chi connectivity index (χ2n) is 2.86. The summed E-state index contributed by atoms with van der Waals surface area (Å²) in [6, 6.07) is 3.70. The molecule has 0 amide bonds. The van der Waals surface area contributed by atoms with Crippen molar-refractivity contribution in [3.63, 3.8) is 0 Å². The normalized spacial score (nSPS) is 10.1. The van der Waals surface area contributed by atoms with E-state index in [-0.39, 0.29) is 0 Å². The topological polar surface area (TPSA) is 52.8 Å². The highest BCUT2D eigenvalue weighted by Gasteiger charge is 2.01. The molecule has 0 saturated heterocycles. The molecule has 0 spiro atoms. The molecule has 2 heterocycles. The minimum atomic E-state index is 0.482. The SMILES string of the molecule is COc1cc(-n2ccc(C)n2)cnn1. The van der Waals surface area contributed by atoms with E-state index in [1.54, 1.807) is 24.1 Å². The van der Waals surface area contributed by atoms with Gasteiger partial charge in [0.1, 0.15) is 0 Å². The zero-order valence-electron chi connectivity index (χ0n) is 8.01. The van der Waals surface area contributed by atoms with E-state index in [9.17, 15) is 0 Å². The molecule has 0 radical (unpaired) electrons. The highest BCUT2D eigenvalue weighted by molar-refractivity contribution is 5.31. The number of methoxy groups -OCH3 is 1. The highest BCUT2D eigenvalue weighted by atomic mass is 16.5. The maximum Gasteiger partial charge on any atom is 0.235 e. The number of hydrogen-bond donors (Lipinski definition) is 0. The van der Waals surface area contributed by atoms with Crippen molar-refractivity contribution in [2.45, 2.75) is 6.92 Å². The minimum Gasteiger partial charge on any atom is -0.480 e. The summed E-state index contributed by atoms with van der Waals surface area (Å²) in [7, 11) is 1.56. The van der Waals surface area contributed by atoms with Crippen molar-refractivity contribution < 1.29 is 4.74 Å². The van der Waals surface area contributed by atoms with Gasteiger partial charge in [-0.25, -0.2) is 4.68 Å². The molecule has 14 heavy (non-hydrogen) atoms. The number of aromatic nitrogens is 4. The van der Waals surface area contributed by atoms with Crippen LogP contribution in [0.5, 0.6) is 5.88 Å². The zero-order chi connectivity index (χ0) is 9.97. The van der Waals surface area contributed by atoms with Gasteiger partial charge < -0.3 is 4.74 Å². The molecule has 2 aromatic rings. The Bertz CT molecular complexity index is 438. The Balaban J connectivity index is 2.41. The average Bonchev–Trinajstić information content (AvgIpc) is 2.65. The second kappa shape index (κ2) is 3.45. The smallest absolute Gasteiger partial charge is 0.235 e. The van der Waals surface area contributed by atoms with Gasteiger partial charge >= 0.3 is 0 Å². The first-order valence-corrected chi connectivity index (χ1v) is 4.19. The van der Waals surface area contributed by atoms with Gasteiger partial charge in [-0.2, -0.15) is 10.2 Å². The van der Waals surface area contributed by atoms with Crippen LogP contribution in [0.3, 0.4) is 0 Å². The lowest BCUT2D eigenvalue weighted by Crippen LogP contribution is -1.98. The zero-order valence-corrected chi connectivity index (χ0v) is 8.01. The van der Waals surface area contributed by atoms with Crippen LogP contribution in [-0.2, 0) is 0 Å². The molecule has 0 aliphatic carbocycles. The molecule has 2 aromatic heterocycles. The molecule has 72 valence electrons. The Labute approximate surface area is 81.3 Å². The van der Waals surface area contributed by atoms with Crippen LogP contribution in [0.25, 0.3) is 5.69 Å². The van der Waals surface area contributed by atoms with E-state index in [4.69, 9.17) is 4.74 Å². The van der Waals surface area contributed by atoms with Gasteiger partial charge in [0.15, 0.2) is 0 Å². The van der Waals surface area contributed by atoms with E-state index in [1.807, 2.05) is 19.2 Å². The van der Waals surface area contributed by atoms with E-state index < -0.39 is 0 Å². The van der Waals surface area contributed by atoms with Crippen LogP contribution < -0.4 is 4.74 Å². The molecule has 0 fully saturated rings. The summed E-state index contributed by atoms with van der Waals surface area (Å²) in [6.07, 6.45) is 3.50. The molecule has 0 saturated carbocycles. The first-order chi connectivity index (χ1) is 6.79. The Morgan fingerprint density at radius 3 is 2.93 bits per heavy atom. The van der Waals surface area contributed by atoms with Gasteiger partial charge in [0.25, 0.3) is 0 Å². The number of ether oxygens (including phenoxy) is 1.